The third-order valence-electron chi connectivity index (χ3n) is 4.96. The second-order valence-electron chi connectivity index (χ2n) is 8.02. The first-order valence-electron chi connectivity index (χ1n) is 9.89. The SMILES string of the molecule is Cc1ccc(Cn2nc(C)c(C=CC(=O)NC(C(=O)N(C)C)C(C)C)c2C)cc1. The minimum Gasteiger partial charge on any atom is -0.347 e. The topological polar surface area (TPSA) is 67.2 Å². The minimum absolute atomic E-state index is 0.00276. The molecule has 1 unspecified atom stereocenters. The maximum absolute atomic E-state index is 12.4. The summed E-state index contributed by atoms with van der Waals surface area (Å²) in [7, 11) is 3.38. The van der Waals surface area contributed by atoms with Crippen molar-refractivity contribution in [2.45, 2.75) is 47.2 Å². The molecular weight excluding hydrogens is 364 g/mol. The van der Waals surface area contributed by atoms with E-state index in [0.29, 0.717) is 6.54 Å². The van der Waals surface area contributed by atoms with Crippen LogP contribution in [0.25, 0.3) is 6.08 Å². The lowest BCUT2D eigenvalue weighted by atomic mass is 10.0. The summed E-state index contributed by atoms with van der Waals surface area (Å²) < 4.78 is 1.95. The van der Waals surface area contributed by atoms with Gasteiger partial charge in [-0.1, -0.05) is 43.7 Å². The van der Waals surface area contributed by atoms with Crippen LogP contribution in [0.1, 0.15) is 41.9 Å². The Morgan fingerprint density at radius 2 is 1.76 bits per heavy atom. The van der Waals surface area contributed by atoms with Crippen LogP contribution in [0.4, 0.5) is 0 Å². The molecule has 1 N–H and O–H groups in total. The molecular formula is C23H32N4O2. The molecule has 0 saturated carbocycles. The average Bonchev–Trinajstić information content (AvgIpc) is 2.92. The maximum atomic E-state index is 12.4. The van der Waals surface area contributed by atoms with Gasteiger partial charge in [0.25, 0.3) is 0 Å². The Balaban J connectivity index is 2.13. The van der Waals surface area contributed by atoms with Gasteiger partial charge in [-0.3, -0.25) is 14.3 Å². The fraction of sp³-hybridized carbons (Fsp3) is 0.435. The molecule has 1 atom stereocenters. The van der Waals surface area contributed by atoms with Crippen molar-refractivity contribution in [2.75, 3.05) is 14.1 Å². The van der Waals surface area contributed by atoms with Gasteiger partial charge in [0.2, 0.25) is 11.8 Å². The van der Waals surface area contributed by atoms with Gasteiger partial charge in [-0.25, -0.2) is 0 Å². The Kier molecular flexibility index (Phi) is 7.37. The van der Waals surface area contributed by atoms with E-state index < -0.39 is 6.04 Å². The zero-order chi connectivity index (χ0) is 21.7. The van der Waals surface area contributed by atoms with Gasteiger partial charge in [-0.05, 0) is 38.3 Å². The molecule has 0 aliphatic carbocycles. The van der Waals surface area contributed by atoms with E-state index in [-0.39, 0.29) is 17.7 Å². The molecule has 2 amide bonds. The molecule has 2 rings (SSSR count). The summed E-state index contributed by atoms with van der Waals surface area (Å²) in [6.07, 6.45) is 3.25. The molecule has 0 radical (unpaired) electrons. The summed E-state index contributed by atoms with van der Waals surface area (Å²) in [5.74, 6) is -0.396. The van der Waals surface area contributed by atoms with Gasteiger partial charge < -0.3 is 10.2 Å². The van der Waals surface area contributed by atoms with E-state index in [1.807, 2.05) is 32.4 Å². The van der Waals surface area contributed by atoms with Gasteiger partial charge in [-0.15, -0.1) is 0 Å². The molecule has 0 aliphatic rings. The number of carbonyl (C=O) groups excluding carboxylic acids is 2. The molecule has 0 saturated heterocycles. The molecule has 156 valence electrons. The summed E-state index contributed by atoms with van der Waals surface area (Å²) in [6, 6.07) is 7.83. The quantitative estimate of drug-likeness (QED) is 0.732. The third kappa shape index (κ3) is 5.79. The molecule has 1 heterocycles. The first-order valence-corrected chi connectivity index (χ1v) is 9.89. The Morgan fingerprint density at radius 3 is 2.31 bits per heavy atom. The molecule has 0 fully saturated rings. The first kappa shape index (κ1) is 22.4. The van der Waals surface area contributed by atoms with Crippen LogP contribution in [-0.2, 0) is 16.1 Å². The monoisotopic (exact) mass is 396 g/mol. The molecule has 6 nitrogen and oxygen atoms in total. The largest absolute Gasteiger partial charge is 0.347 e. The number of hydrogen-bond acceptors (Lipinski definition) is 3. The van der Waals surface area contributed by atoms with E-state index in [2.05, 4.69) is 41.6 Å². The lowest BCUT2D eigenvalue weighted by Crippen LogP contribution is -2.48. The highest BCUT2D eigenvalue weighted by atomic mass is 16.2. The van der Waals surface area contributed by atoms with Crippen LogP contribution in [0.5, 0.6) is 0 Å². The predicted molar refractivity (Wildman–Crippen MR) is 116 cm³/mol. The number of likely N-dealkylation sites (N-methyl/N-ethyl adjacent to an activating group) is 1. The number of hydrogen-bond donors (Lipinski definition) is 1. The van der Waals surface area contributed by atoms with Crippen LogP contribution in [0.2, 0.25) is 0 Å². The van der Waals surface area contributed by atoms with Crippen molar-refractivity contribution in [1.82, 2.24) is 20.0 Å². The number of aromatic nitrogens is 2. The van der Waals surface area contributed by atoms with Gasteiger partial charge in [-0.2, -0.15) is 5.10 Å². The molecule has 0 bridgehead atoms. The van der Waals surface area contributed by atoms with E-state index in [1.54, 1.807) is 20.2 Å². The second-order valence-corrected chi connectivity index (χ2v) is 8.02. The van der Waals surface area contributed by atoms with Crippen LogP contribution in [0.3, 0.4) is 0 Å². The van der Waals surface area contributed by atoms with Crippen molar-refractivity contribution >= 4 is 17.9 Å². The highest BCUT2D eigenvalue weighted by molar-refractivity contribution is 5.95. The number of carbonyl (C=O) groups is 2. The van der Waals surface area contributed by atoms with Crippen molar-refractivity contribution in [3.8, 4) is 0 Å². The van der Waals surface area contributed by atoms with Crippen LogP contribution in [-0.4, -0.2) is 46.6 Å². The molecule has 1 aromatic heterocycles. The molecule has 0 aliphatic heterocycles. The van der Waals surface area contributed by atoms with Crippen LogP contribution in [0, 0.1) is 26.7 Å². The molecule has 0 spiro atoms. The number of amides is 2. The van der Waals surface area contributed by atoms with Gasteiger partial charge in [0.05, 0.1) is 12.2 Å². The van der Waals surface area contributed by atoms with Crippen molar-refractivity contribution in [2.24, 2.45) is 5.92 Å². The second kappa shape index (κ2) is 9.54. The summed E-state index contributed by atoms with van der Waals surface area (Å²) >= 11 is 0. The van der Waals surface area contributed by atoms with Crippen LogP contribution < -0.4 is 5.32 Å². The fourth-order valence-corrected chi connectivity index (χ4v) is 3.12. The molecule has 2 aromatic rings. The van der Waals surface area contributed by atoms with Crippen molar-refractivity contribution < 1.29 is 9.59 Å². The summed E-state index contributed by atoms with van der Waals surface area (Å²) in [4.78, 5) is 26.2. The van der Waals surface area contributed by atoms with Gasteiger partial charge >= 0.3 is 0 Å². The normalized spacial score (nSPS) is 12.4. The van der Waals surface area contributed by atoms with Crippen molar-refractivity contribution in [3.63, 3.8) is 0 Å². The number of rotatable bonds is 7. The average molecular weight is 397 g/mol. The molecule has 29 heavy (non-hydrogen) atoms. The number of nitrogens with one attached hydrogen (secondary N) is 1. The first-order chi connectivity index (χ1) is 13.6. The highest BCUT2D eigenvalue weighted by Crippen LogP contribution is 2.17. The maximum Gasteiger partial charge on any atom is 0.244 e. The predicted octanol–water partition coefficient (Wildman–Crippen LogP) is 3.10. The Hall–Kier alpha value is -2.89. The van der Waals surface area contributed by atoms with E-state index >= 15 is 0 Å². The summed E-state index contributed by atoms with van der Waals surface area (Å²) in [5, 5.41) is 7.43. The van der Waals surface area contributed by atoms with Gasteiger partial charge in [0, 0.05) is 31.4 Å². The molecule has 6 heteroatoms. The van der Waals surface area contributed by atoms with E-state index in [0.717, 1.165) is 17.0 Å². The summed E-state index contributed by atoms with van der Waals surface area (Å²) in [5.41, 5.74) is 5.19. The van der Waals surface area contributed by atoms with Crippen molar-refractivity contribution in [1.29, 1.82) is 0 Å². The Morgan fingerprint density at radius 1 is 1.14 bits per heavy atom. The summed E-state index contributed by atoms with van der Waals surface area (Å²) in [6.45, 7) is 10.5. The van der Waals surface area contributed by atoms with E-state index in [9.17, 15) is 9.59 Å². The van der Waals surface area contributed by atoms with Gasteiger partial charge in [0.15, 0.2) is 0 Å². The Bertz CT molecular complexity index is 892. The fourth-order valence-electron chi connectivity index (χ4n) is 3.12. The van der Waals surface area contributed by atoms with Crippen LogP contribution >= 0.6 is 0 Å². The lowest BCUT2D eigenvalue weighted by Gasteiger charge is -2.24. The van der Waals surface area contributed by atoms with Crippen LogP contribution in [0.15, 0.2) is 30.3 Å². The number of benzene rings is 1. The van der Waals surface area contributed by atoms with Crippen molar-refractivity contribution in [3.05, 3.63) is 58.4 Å². The Labute approximate surface area is 173 Å². The standard InChI is InChI=1S/C23H32N4O2/c1-15(2)22(23(29)26(6)7)24-21(28)13-12-20-17(4)25-27(18(20)5)14-19-10-8-16(3)9-11-19/h8-13,15,22H,14H2,1-7H3,(H,24,28). The zero-order valence-electron chi connectivity index (χ0n) is 18.5. The van der Waals surface area contributed by atoms with E-state index in [1.165, 1.54) is 22.1 Å². The number of aryl methyl sites for hydroxylation is 2. The number of nitrogens with zero attached hydrogens (tertiary/aromatic N) is 3. The smallest absolute Gasteiger partial charge is 0.244 e. The van der Waals surface area contributed by atoms with E-state index in [4.69, 9.17) is 0 Å². The van der Waals surface area contributed by atoms with Gasteiger partial charge in [0.1, 0.15) is 6.04 Å². The zero-order valence-corrected chi connectivity index (χ0v) is 18.5. The minimum atomic E-state index is -0.548. The lowest BCUT2D eigenvalue weighted by molar-refractivity contribution is -0.134. The third-order valence-corrected chi connectivity index (χ3v) is 4.96. The molecule has 1 aromatic carbocycles. The highest BCUT2D eigenvalue weighted by Gasteiger charge is 2.24.